The molecule has 0 aliphatic carbocycles. The molecule has 0 bridgehead atoms. The van der Waals surface area contributed by atoms with Gasteiger partial charge in [0.1, 0.15) is 6.54 Å². The fourth-order valence-corrected chi connectivity index (χ4v) is 3.53. The molecular weight excluding hydrogens is 350 g/mol. The smallest absolute Gasteiger partial charge is 0.172 e. The highest BCUT2D eigenvalue weighted by Crippen LogP contribution is 2.33. The van der Waals surface area contributed by atoms with Crippen molar-refractivity contribution in [3.63, 3.8) is 0 Å². The Balaban J connectivity index is 1.67. The molecule has 0 saturated carbocycles. The number of rotatable bonds is 2. The predicted molar refractivity (Wildman–Crippen MR) is 97.5 cm³/mol. The van der Waals surface area contributed by atoms with E-state index in [1.165, 1.54) is 0 Å². The summed E-state index contributed by atoms with van der Waals surface area (Å²) >= 11 is 6.27. The molecule has 1 aliphatic heterocycles. The number of halogens is 1. The Morgan fingerprint density at radius 3 is 2.85 bits per heavy atom. The van der Waals surface area contributed by atoms with Gasteiger partial charge in [-0.25, -0.2) is 14.6 Å². The van der Waals surface area contributed by atoms with E-state index in [1.54, 1.807) is 0 Å². The lowest BCUT2D eigenvalue weighted by molar-refractivity contribution is 0.618. The maximum absolute atomic E-state index is 6.27. The van der Waals surface area contributed by atoms with Gasteiger partial charge in [-0.2, -0.15) is 10.2 Å². The van der Waals surface area contributed by atoms with E-state index in [0.29, 0.717) is 18.1 Å². The lowest BCUT2D eigenvalue weighted by Crippen LogP contribution is -2.07. The van der Waals surface area contributed by atoms with Gasteiger partial charge in [-0.05, 0) is 38.1 Å². The van der Waals surface area contributed by atoms with Crippen LogP contribution in [0.3, 0.4) is 0 Å². The Labute approximate surface area is 154 Å². The van der Waals surface area contributed by atoms with Crippen LogP contribution in [0.15, 0.2) is 36.8 Å². The van der Waals surface area contributed by atoms with Gasteiger partial charge in [0, 0.05) is 16.8 Å². The highest BCUT2D eigenvalue weighted by Gasteiger charge is 2.24. The summed E-state index contributed by atoms with van der Waals surface area (Å²) in [4.78, 5) is 9.25. The number of hydrogen-bond acceptors (Lipinski definition) is 4. The number of benzene rings is 1. The number of imidazole rings is 1. The normalized spacial score (nSPS) is 12.4. The minimum Gasteiger partial charge on any atom is -0.300 e. The Bertz CT molecular complexity index is 1130. The SMILES string of the molecule is Cc1ccn(Cc2nc3n(n2)Cc2c(C)ncn2-c2ccc(Cl)cc2-3)n1. The van der Waals surface area contributed by atoms with Crippen LogP contribution in [-0.2, 0) is 13.1 Å². The quantitative estimate of drug-likeness (QED) is 0.482. The standard InChI is InChI=1S/C18H16ClN7/c1-11-5-6-24(22-11)9-17-21-18-14-7-13(19)3-4-15(14)25-10-20-12(2)16(25)8-26(18)23-17/h3-7,10H,8-9H2,1-2H3. The average Bonchev–Trinajstić information content (AvgIpc) is 3.28. The van der Waals surface area contributed by atoms with Crippen LogP contribution in [0.4, 0.5) is 0 Å². The summed E-state index contributed by atoms with van der Waals surface area (Å²) < 4.78 is 5.86. The fourth-order valence-electron chi connectivity index (χ4n) is 3.36. The number of aromatic nitrogens is 7. The summed E-state index contributed by atoms with van der Waals surface area (Å²) in [6.45, 7) is 5.12. The molecule has 8 heteroatoms. The van der Waals surface area contributed by atoms with Gasteiger partial charge < -0.3 is 4.57 Å². The molecule has 5 rings (SSSR count). The van der Waals surface area contributed by atoms with Gasteiger partial charge >= 0.3 is 0 Å². The summed E-state index contributed by atoms with van der Waals surface area (Å²) in [5.74, 6) is 1.53. The van der Waals surface area contributed by atoms with E-state index in [2.05, 4.69) is 14.6 Å². The zero-order valence-electron chi connectivity index (χ0n) is 14.4. The monoisotopic (exact) mass is 365 g/mol. The molecule has 4 aromatic rings. The van der Waals surface area contributed by atoms with E-state index >= 15 is 0 Å². The first-order valence-electron chi connectivity index (χ1n) is 8.35. The van der Waals surface area contributed by atoms with Gasteiger partial charge in [0.2, 0.25) is 0 Å². The first-order chi connectivity index (χ1) is 12.6. The molecule has 3 aromatic heterocycles. The molecule has 0 amide bonds. The van der Waals surface area contributed by atoms with Crippen molar-refractivity contribution in [3.05, 3.63) is 64.7 Å². The number of nitrogens with zero attached hydrogens (tertiary/aromatic N) is 7. The largest absolute Gasteiger partial charge is 0.300 e. The minimum absolute atomic E-state index is 0.530. The molecule has 7 nitrogen and oxygen atoms in total. The molecule has 0 N–H and O–H groups in total. The third-order valence-corrected chi connectivity index (χ3v) is 4.86. The first-order valence-corrected chi connectivity index (χ1v) is 8.73. The molecule has 0 spiro atoms. The molecule has 0 saturated heterocycles. The molecule has 26 heavy (non-hydrogen) atoms. The first kappa shape index (κ1) is 15.3. The topological polar surface area (TPSA) is 66.3 Å². The van der Waals surface area contributed by atoms with Gasteiger partial charge in [-0.15, -0.1) is 0 Å². The van der Waals surface area contributed by atoms with E-state index in [1.807, 2.05) is 60.0 Å². The van der Waals surface area contributed by atoms with Gasteiger partial charge in [0.25, 0.3) is 0 Å². The highest BCUT2D eigenvalue weighted by atomic mass is 35.5. The summed E-state index contributed by atoms with van der Waals surface area (Å²) in [6, 6.07) is 7.80. The highest BCUT2D eigenvalue weighted by molar-refractivity contribution is 6.31. The average molecular weight is 366 g/mol. The van der Waals surface area contributed by atoms with Crippen molar-refractivity contribution in [3.8, 4) is 17.1 Å². The zero-order chi connectivity index (χ0) is 17.8. The molecule has 0 atom stereocenters. The van der Waals surface area contributed by atoms with Crippen LogP contribution in [0.2, 0.25) is 5.02 Å². The molecule has 0 radical (unpaired) electrons. The van der Waals surface area contributed by atoms with Crippen molar-refractivity contribution >= 4 is 11.6 Å². The Kier molecular flexibility index (Phi) is 3.27. The van der Waals surface area contributed by atoms with Gasteiger partial charge in [-0.1, -0.05) is 11.6 Å². The molecule has 130 valence electrons. The van der Waals surface area contributed by atoms with Crippen LogP contribution in [0.1, 0.15) is 22.9 Å². The van der Waals surface area contributed by atoms with E-state index in [-0.39, 0.29) is 0 Å². The maximum Gasteiger partial charge on any atom is 0.172 e. The third kappa shape index (κ3) is 2.35. The van der Waals surface area contributed by atoms with Crippen LogP contribution in [0, 0.1) is 13.8 Å². The molecular formula is C18H16ClN7. The van der Waals surface area contributed by atoms with Crippen molar-refractivity contribution in [2.45, 2.75) is 26.9 Å². The number of aryl methyl sites for hydroxylation is 2. The maximum atomic E-state index is 6.27. The molecule has 1 aliphatic rings. The Morgan fingerprint density at radius 2 is 2.04 bits per heavy atom. The Hall–Kier alpha value is -2.93. The molecule has 0 unspecified atom stereocenters. The van der Waals surface area contributed by atoms with E-state index in [4.69, 9.17) is 21.7 Å². The van der Waals surface area contributed by atoms with Crippen molar-refractivity contribution < 1.29 is 0 Å². The van der Waals surface area contributed by atoms with Crippen LogP contribution < -0.4 is 0 Å². The lowest BCUT2D eigenvalue weighted by atomic mass is 10.1. The van der Waals surface area contributed by atoms with Crippen molar-refractivity contribution in [2.75, 3.05) is 0 Å². The second-order valence-electron chi connectivity index (χ2n) is 6.47. The molecule has 4 heterocycles. The van der Waals surface area contributed by atoms with Crippen LogP contribution in [0.25, 0.3) is 17.1 Å². The summed E-state index contributed by atoms with van der Waals surface area (Å²) in [7, 11) is 0. The third-order valence-electron chi connectivity index (χ3n) is 4.63. The van der Waals surface area contributed by atoms with E-state index in [0.717, 1.165) is 40.0 Å². The lowest BCUT2D eigenvalue weighted by Gasteiger charge is -2.08. The minimum atomic E-state index is 0.530. The summed E-state index contributed by atoms with van der Waals surface area (Å²) in [6.07, 6.45) is 3.78. The second-order valence-corrected chi connectivity index (χ2v) is 6.91. The number of fused-ring (bicyclic) bond motifs is 5. The predicted octanol–water partition coefficient (Wildman–Crippen LogP) is 3.01. The van der Waals surface area contributed by atoms with Crippen molar-refractivity contribution in [2.24, 2.45) is 0 Å². The molecule has 0 fully saturated rings. The summed E-state index contributed by atoms with van der Waals surface area (Å²) in [5, 5.41) is 9.82. The number of hydrogen-bond donors (Lipinski definition) is 0. The Morgan fingerprint density at radius 1 is 1.15 bits per heavy atom. The van der Waals surface area contributed by atoms with Crippen LogP contribution in [0.5, 0.6) is 0 Å². The zero-order valence-corrected chi connectivity index (χ0v) is 15.1. The molecule has 1 aromatic carbocycles. The van der Waals surface area contributed by atoms with E-state index < -0.39 is 0 Å². The fraction of sp³-hybridized carbons (Fsp3) is 0.222. The second kappa shape index (κ2) is 5.54. The van der Waals surface area contributed by atoms with E-state index in [9.17, 15) is 0 Å². The van der Waals surface area contributed by atoms with Gasteiger partial charge in [-0.3, -0.25) is 4.68 Å². The van der Waals surface area contributed by atoms with Gasteiger partial charge in [0.15, 0.2) is 11.6 Å². The summed E-state index contributed by atoms with van der Waals surface area (Å²) in [5.41, 5.74) is 5.02. The van der Waals surface area contributed by atoms with Gasteiger partial charge in [0.05, 0.1) is 35.6 Å². The van der Waals surface area contributed by atoms with Crippen molar-refractivity contribution in [1.82, 2.24) is 34.1 Å². The van der Waals surface area contributed by atoms with Crippen LogP contribution in [-0.4, -0.2) is 34.1 Å². The van der Waals surface area contributed by atoms with Crippen LogP contribution >= 0.6 is 11.6 Å². The van der Waals surface area contributed by atoms with Crippen molar-refractivity contribution in [1.29, 1.82) is 0 Å².